The summed E-state index contributed by atoms with van der Waals surface area (Å²) in [4.78, 5) is 4.79. The summed E-state index contributed by atoms with van der Waals surface area (Å²) in [5, 5.41) is 6.69. The molecule has 1 N–H and O–H groups in total. The van der Waals surface area contributed by atoms with Gasteiger partial charge in [0.05, 0.1) is 32.6 Å². The van der Waals surface area contributed by atoms with E-state index >= 15 is 0 Å². The van der Waals surface area contributed by atoms with Crippen molar-refractivity contribution >= 4 is 11.3 Å². The number of ether oxygens (including phenoxy) is 3. The molecule has 0 amide bonds. The fourth-order valence-corrected chi connectivity index (χ4v) is 3.77. The summed E-state index contributed by atoms with van der Waals surface area (Å²) >= 11 is 1.67. The number of nitrogens with one attached hydrogen (secondary N) is 1. The van der Waals surface area contributed by atoms with Crippen molar-refractivity contribution in [3.05, 3.63) is 58.4 Å². The predicted octanol–water partition coefficient (Wildman–Crippen LogP) is 5.08. The lowest BCUT2D eigenvalue weighted by Crippen LogP contribution is -2.18. The average Bonchev–Trinajstić information content (AvgIpc) is 3.23. The van der Waals surface area contributed by atoms with Gasteiger partial charge in [-0.3, -0.25) is 0 Å². The fraction of sp³-hybridized carbons (Fsp3) is 0.318. The molecule has 1 aromatic heterocycles. The minimum atomic E-state index is 0.131. The second kappa shape index (κ2) is 9.57. The van der Waals surface area contributed by atoms with Crippen LogP contribution in [-0.4, -0.2) is 25.8 Å². The molecule has 0 aliphatic rings. The van der Waals surface area contributed by atoms with Crippen LogP contribution >= 0.6 is 11.3 Å². The summed E-state index contributed by atoms with van der Waals surface area (Å²) in [5.41, 5.74) is 3.21. The molecule has 1 unspecified atom stereocenters. The van der Waals surface area contributed by atoms with Crippen molar-refractivity contribution < 1.29 is 14.2 Å². The number of hydrogen-bond donors (Lipinski definition) is 1. The van der Waals surface area contributed by atoms with Gasteiger partial charge in [0.2, 0.25) is 5.75 Å². The number of nitrogens with zero attached hydrogens (tertiary/aromatic N) is 1. The average molecular weight is 399 g/mol. The second-order valence-corrected chi connectivity index (χ2v) is 7.19. The zero-order valence-electron chi connectivity index (χ0n) is 16.7. The van der Waals surface area contributed by atoms with E-state index in [2.05, 4.69) is 29.8 Å². The number of benzene rings is 2. The van der Waals surface area contributed by atoms with E-state index < -0.39 is 0 Å². The molecule has 3 rings (SSSR count). The molecule has 0 saturated heterocycles. The number of rotatable bonds is 9. The summed E-state index contributed by atoms with van der Waals surface area (Å²) in [6.07, 6.45) is 0. The molecular formula is C22H26N2O3S. The first-order valence-corrected chi connectivity index (χ1v) is 10.2. The molecule has 0 spiro atoms. The summed E-state index contributed by atoms with van der Waals surface area (Å²) in [6.45, 7) is 5.28. The molecule has 2 aromatic carbocycles. The zero-order chi connectivity index (χ0) is 19.9. The molecule has 1 atom stereocenters. The predicted molar refractivity (Wildman–Crippen MR) is 114 cm³/mol. The Labute approximate surface area is 170 Å². The van der Waals surface area contributed by atoms with E-state index in [1.54, 1.807) is 25.6 Å². The van der Waals surface area contributed by atoms with E-state index in [-0.39, 0.29) is 6.04 Å². The van der Waals surface area contributed by atoms with Crippen LogP contribution in [0.5, 0.6) is 17.2 Å². The Hall–Kier alpha value is -2.57. The van der Waals surface area contributed by atoms with Crippen LogP contribution in [0.3, 0.4) is 0 Å². The zero-order valence-corrected chi connectivity index (χ0v) is 17.5. The van der Waals surface area contributed by atoms with Gasteiger partial charge in [-0.1, -0.05) is 30.3 Å². The number of aromatic nitrogens is 1. The highest BCUT2D eigenvalue weighted by molar-refractivity contribution is 7.10. The van der Waals surface area contributed by atoms with Crippen molar-refractivity contribution in [1.29, 1.82) is 0 Å². The van der Waals surface area contributed by atoms with Gasteiger partial charge in [-0.25, -0.2) is 4.98 Å². The summed E-state index contributed by atoms with van der Waals surface area (Å²) < 4.78 is 16.6. The normalized spacial score (nSPS) is 11.9. The first-order valence-electron chi connectivity index (χ1n) is 9.28. The van der Waals surface area contributed by atoms with Gasteiger partial charge in [-0.2, -0.15) is 0 Å². The maximum Gasteiger partial charge on any atom is 0.203 e. The molecule has 0 aliphatic carbocycles. The highest BCUT2D eigenvalue weighted by Crippen LogP contribution is 2.38. The largest absolute Gasteiger partial charge is 0.493 e. The highest BCUT2D eigenvalue weighted by atomic mass is 32.1. The topological polar surface area (TPSA) is 52.6 Å². The third kappa shape index (κ3) is 4.64. The van der Waals surface area contributed by atoms with Crippen molar-refractivity contribution in [2.75, 3.05) is 20.8 Å². The fourth-order valence-electron chi connectivity index (χ4n) is 2.91. The van der Waals surface area contributed by atoms with Gasteiger partial charge in [0.15, 0.2) is 11.5 Å². The number of methoxy groups -OCH3 is 2. The summed E-state index contributed by atoms with van der Waals surface area (Å²) in [7, 11) is 3.27. The van der Waals surface area contributed by atoms with Crippen LogP contribution in [0, 0.1) is 0 Å². The molecule has 3 aromatic rings. The maximum atomic E-state index is 5.67. The molecular weight excluding hydrogens is 372 g/mol. The molecule has 148 valence electrons. The van der Waals surface area contributed by atoms with Crippen LogP contribution in [-0.2, 0) is 6.54 Å². The first-order chi connectivity index (χ1) is 13.7. The van der Waals surface area contributed by atoms with Crippen LogP contribution in [0.25, 0.3) is 11.3 Å². The van der Waals surface area contributed by atoms with E-state index in [0.717, 1.165) is 21.8 Å². The van der Waals surface area contributed by atoms with Crippen molar-refractivity contribution in [3.63, 3.8) is 0 Å². The van der Waals surface area contributed by atoms with Crippen molar-refractivity contribution in [1.82, 2.24) is 10.3 Å². The van der Waals surface area contributed by atoms with Gasteiger partial charge in [0.1, 0.15) is 5.01 Å². The third-order valence-electron chi connectivity index (χ3n) is 4.38. The van der Waals surface area contributed by atoms with Gasteiger partial charge in [-0.05, 0) is 31.5 Å². The Bertz CT molecular complexity index is 871. The van der Waals surface area contributed by atoms with Crippen LogP contribution < -0.4 is 19.5 Å². The van der Waals surface area contributed by atoms with Crippen LogP contribution in [0.2, 0.25) is 0 Å². The molecule has 0 aliphatic heterocycles. The Morgan fingerprint density at radius 2 is 1.75 bits per heavy atom. The Morgan fingerprint density at radius 1 is 1.07 bits per heavy atom. The maximum absolute atomic E-state index is 5.67. The summed E-state index contributed by atoms with van der Waals surface area (Å²) in [6, 6.07) is 14.3. The van der Waals surface area contributed by atoms with Gasteiger partial charge in [0.25, 0.3) is 0 Å². The molecule has 0 bridgehead atoms. The van der Waals surface area contributed by atoms with Crippen molar-refractivity contribution in [2.45, 2.75) is 26.4 Å². The van der Waals surface area contributed by atoms with Crippen molar-refractivity contribution in [2.24, 2.45) is 0 Å². The van der Waals surface area contributed by atoms with E-state index in [1.807, 2.05) is 37.3 Å². The van der Waals surface area contributed by atoms with Crippen LogP contribution in [0.15, 0.2) is 47.8 Å². The lowest BCUT2D eigenvalue weighted by atomic mass is 10.1. The third-order valence-corrected chi connectivity index (χ3v) is 5.41. The van der Waals surface area contributed by atoms with E-state index in [0.29, 0.717) is 30.4 Å². The minimum absolute atomic E-state index is 0.131. The Balaban J connectivity index is 1.71. The first kappa shape index (κ1) is 20.2. The van der Waals surface area contributed by atoms with Gasteiger partial charge in [-0.15, -0.1) is 11.3 Å². The lowest BCUT2D eigenvalue weighted by molar-refractivity contribution is 0.287. The quantitative estimate of drug-likeness (QED) is 0.545. The van der Waals surface area contributed by atoms with Crippen LogP contribution in [0.1, 0.15) is 30.5 Å². The second-order valence-electron chi connectivity index (χ2n) is 6.30. The van der Waals surface area contributed by atoms with Gasteiger partial charge < -0.3 is 19.5 Å². The lowest BCUT2D eigenvalue weighted by Gasteiger charge is -2.17. The smallest absolute Gasteiger partial charge is 0.203 e. The summed E-state index contributed by atoms with van der Waals surface area (Å²) in [5.74, 6) is 1.98. The molecule has 1 heterocycles. The van der Waals surface area contributed by atoms with Crippen LogP contribution in [0.4, 0.5) is 0 Å². The number of hydrogen-bond acceptors (Lipinski definition) is 6. The molecule has 0 radical (unpaired) electrons. The SMILES string of the molecule is CCOc1c(OC)cc(CNC(C)c2nc(-c3ccccc3)cs2)cc1OC. The molecule has 0 saturated carbocycles. The standard InChI is InChI=1S/C22H26N2O3S/c1-5-27-21-19(25-3)11-16(12-20(21)26-4)13-23-15(2)22-24-18(14-28-22)17-9-7-6-8-10-17/h6-12,14-15,23H,5,13H2,1-4H3. The van der Waals surface area contributed by atoms with E-state index in [1.165, 1.54) is 0 Å². The molecule has 6 heteroatoms. The minimum Gasteiger partial charge on any atom is -0.493 e. The van der Waals surface area contributed by atoms with Gasteiger partial charge >= 0.3 is 0 Å². The monoisotopic (exact) mass is 398 g/mol. The molecule has 5 nitrogen and oxygen atoms in total. The molecule has 0 fully saturated rings. The van der Waals surface area contributed by atoms with E-state index in [4.69, 9.17) is 19.2 Å². The highest BCUT2D eigenvalue weighted by Gasteiger charge is 2.15. The van der Waals surface area contributed by atoms with E-state index in [9.17, 15) is 0 Å². The number of thiazole rings is 1. The van der Waals surface area contributed by atoms with Crippen molar-refractivity contribution in [3.8, 4) is 28.5 Å². The Morgan fingerprint density at radius 3 is 2.36 bits per heavy atom. The Kier molecular flexibility index (Phi) is 6.90. The van der Waals surface area contributed by atoms with Gasteiger partial charge in [0, 0.05) is 17.5 Å². The molecule has 28 heavy (non-hydrogen) atoms.